The van der Waals surface area contributed by atoms with E-state index in [1.807, 2.05) is 6.92 Å². The molecular weight excluding hydrogens is 833 g/mol. The van der Waals surface area contributed by atoms with Gasteiger partial charge in [0.1, 0.15) is 25.8 Å². The standard InChI is InChI=1S/C44H50N8O12/c1-9-44(22-62-41(56)47-32-16-12-28(4)36(20-32)50-39(54)60-7,23-63-42(57)48-33-17-13-29(5)37(21-33)51-40(55)61-8)24-64-43(58)52-35-19-31(15-11-27(35)3)46-25-45-30-14-10-26(2)34(18-30)49-38(53)59-6/h10-21H,9,22-24H2,1-8H3,(H,47,56)(H,48,57)(H,49,53)(H,50,54)(H,51,55)(H,52,58). The highest BCUT2D eigenvalue weighted by atomic mass is 16.6. The van der Waals surface area contributed by atoms with Crippen molar-refractivity contribution in [3.05, 3.63) is 95.1 Å². The van der Waals surface area contributed by atoms with E-state index in [0.717, 1.165) is 5.56 Å². The maximum Gasteiger partial charge on any atom is 0.411 e. The lowest BCUT2D eigenvalue weighted by Gasteiger charge is -2.31. The lowest BCUT2D eigenvalue weighted by atomic mass is 9.88. The smallest absolute Gasteiger partial charge is 0.411 e. The molecule has 20 nitrogen and oxygen atoms in total. The highest BCUT2D eigenvalue weighted by Gasteiger charge is 2.35. The maximum atomic E-state index is 13.3. The Hall–Kier alpha value is -8.12. The van der Waals surface area contributed by atoms with Crippen LogP contribution in [-0.2, 0) is 28.4 Å². The van der Waals surface area contributed by atoms with Crippen molar-refractivity contribution in [2.24, 2.45) is 15.4 Å². The van der Waals surface area contributed by atoms with E-state index in [0.29, 0.717) is 62.2 Å². The van der Waals surface area contributed by atoms with E-state index in [9.17, 15) is 28.8 Å². The average Bonchev–Trinajstić information content (AvgIpc) is 3.27. The number of carbonyl (C=O) groups excluding carboxylic acids is 6. The zero-order valence-electron chi connectivity index (χ0n) is 36.6. The van der Waals surface area contributed by atoms with Gasteiger partial charge in [0.25, 0.3) is 0 Å². The number of amides is 6. The Morgan fingerprint density at radius 1 is 0.469 bits per heavy atom. The van der Waals surface area contributed by atoms with Crippen LogP contribution in [0.2, 0.25) is 0 Å². The van der Waals surface area contributed by atoms with Crippen molar-refractivity contribution in [1.29, 1.82) is 0 Å². The van der Waals surface area contributed by atoms with Crippen LogP contribution in [0.3, 0.4) is 0 Å². The first-order valence-corrected chi connectivity index (χ1v) is 19.5. The lowest BCUT2D eigenvalue weighted by Crippen LogP contribution is -2.40. The van der Waals surface area contributed by atoms with Gasteiger partial charge >= 0.3 is 36.6 Å². The third-order valence-electron chi connectivity index (χ3n) is 9.55. The summed E-state index contributed by atoms with van der Waals surface area (Å²) in [6, 6.07) is 22.3. The van der Waals surface area contributed by atoms with Gasteiger partial charge in [-0.25, -0.2) is 28.8 Å². The van der Waals surface area contributed by atoms with Crippen LogP contribution < -0.4 is 31.9 Å². The van der Waals surface area contributed by atoms with Crippen LogP contribution in [0, 0.1) is 33.1 Å². The lowest BCUT2D eigenvalue weighted by molar-refractivity contribution is -0.0104. The van der Waals surface area contributed by atoms with Gasteiger partial charge in [-0.05, 0) is 105 Å². The number of nitrogens with one attached hydrogen (secondary N) is 6. The molecule has 0 fully saturated rings. The summed E-state index contributed by atoms with van der Waals surface area (Å²) in [4.78, 5) is 83.3. The molecule has 0 aliphatic carbocycles. The van der Waals surface area contributed by atoms with E-state index in [-0.39, 0.29) is 26.2 Å². The summed E-state index contributed by atoms with van der Waals surface area (Å²) in [5.41, 5.74) is 4.71. The van der Waals surface area contributed by atoms with Crippen LogP contribution in [0.5, 0.6) is 0 Å². The fourth-order valence-electron chi connectivity index (χ4n) is 5.46. The van der Waals surface area contributed by atoms with Gasteiger partial charge in [-0.1, -0.05) is 31.2 Å². The molecule has 0 aliphatic heterocycles. The van der Waals surface area contributed by atoms with Gasteiger partial charge in [0.2, 0.25) is 0 Å². The Bertz CT molecular complexity index is 2350. The molecule has 64 heavy (non-hydrogen) atoms. The Morgan fingerprint density at radius 2 is 0.781 bits per heavy atom. The summed E-state index contributed by atoms with van der Waals surface area (Å²) >= 11 is 0. The first-order valence-electron chi connectivity index (χ1n) is 19.5. The van der Waals surface area contributed by atoms with Gasteiger partial charge in [0, 0.05) is 34.1 Å². The van der Waals surface area contributed by atoms with Gasteiger partial charge in [0.15, 0.2) is 0 Å². The topological polar surface area (TPSA) is 255 Å². The molecule has 4 aromatic carbocycles. The largest absolute Gasteiger partial charge is 0.453 e. The van der Waals surface area contributed by atoms with Crippen molar-refractivity contribution in [3.63, 3.8) is 0 Å². The molecular formula is C44H50N8O12. The number of methoxy groups -OCH3 is 3. The minimum Gasteiger partial charge on any atom is -0.453 e. The summed E-state index contributed by atoms with van der Waals surface area (Å²) in [6.45, 7) is 7.69. The number of carbonyl (C=O) groups is 6. The second-order valence-electron chi connectivity index (χ2n) is 14.2. The predicted molar refractivity (Wildman–Crippen MR) is 240 cm³/mol. The van der Waals surface area contributed by atoms with Gasteiger partial charge in [-0.3, -0.25) is 31.9 Å². The first kappa shape index (κ1) is 48.5. The summed E-state index contributed by atoms with van der Waals surface area (Å²) < 4.78 is 30.9. The number of hydrogen-bond acceptors (Lipinski definition) is 14. The van der Waals surface area contributed by atoms with Crippen molar-refractivity contribution in [3.8, 4) is 0 Å². The SMILES string of the molecule is CCC(COC(=O)Nc1ccc(C)c(NC(=O)OC)c1)(COC(=O)Nc1ccc(C)c(NC(=O)OC)c1)COC(=O)Nc1cc(N=C=Nc2ccc(C)c(NC(=O)OC)c2)ccc1C. The van der Waals surface area contributed by atoms with Crippen LogP contribution in [0.15, 0.2) is 82.8 Å². The molecule has 0 atom stereocenters. The van der Waals surface area contributed by atoms with Crippen molar-refractivity contribution >= 4 is 88.1 Å². The number of ether oxygens (including phenoxy) is 6. The minimum absolute atomic E-state index is 0.195. The van der Waals surface area contributed by atoms with Gasteiger partial charge in [0.05, 0.1) is 38.1 Å². The van der Waals surface area contributed by atoms with E-state index >= 15 is 0 Å². The van der Waals surface area contributed by atoms with Gasteiger partial charge < -0.3 is 28.4 Å². The first-order chi connectivity index (χ1) is 30.5. The summed E-state index contributed by atoms with van der Waals surface area (Å²) in [6.07, 6.45) is -4.47. The number of aryl methyl sites for hydroxylation is 4. The number of anilines is 6. The summed E-state index contributed by atoms with van der Waals surface area (Å²) in [5, 5.41) is 15.6. The second kappa shape index (κ2) is 23.2. The Labute approximate surface area is 369 Å². The molecule has 0 saturated heterocycles. The third kappa shape index (κ3) is 14.8. The predicted octanol–water partition coefficient (Wildman–Crippen LogP) is 10.0. The second-order valence-corrected chi connectivity index (χ2v) is 14.2. The number of hydrogen-bond donors (Lipinski definition) is 6. The van der Waals surface area contributed by atoms with Crippen LogP contribution in [0.1, 0.15) is 35.6 Å². The van der Waals surface area contributed by atoms with E-state index in [4.69, 9.17) is 14.2 Å². The van der Waals surface area contributed by atoms with Gasteiger partial charge in [-0.15, -0.1) is 0 Å². The molecule has 0 radical (unpaired) electrons. The highest BCUT2D eigenvalue weighted by Crippen LogP contribution is 2.28. The average molecular weight is 883 g/mol. The third-order valence-corrected chi connectivity index (χ3v) is 9.55. The highest BCUT2D eigenvalue weighted by molar-refractivity contribution is 5.91. The van der Waals surface area contributed by atoms with E-state index in [1.54, 1.807) is 88.4 Å². The number of aliphatic imine (C=N–C) groups is 2. The molecule has 0 heterocycles. The van der Waals surface area contributed by atoms with Crippen LogP contribution in [0.25, 0.3) is 0 Å². The van der Waals surface area contributed by atoms with Crippen LogP contribution in [0.4, 0.5) is 74.3 Å². The molecule has 0 spiro atoms. The van der Waals surface area contributed by atoms with Crippen LogP contribution in [-0.4, -0.2) is 83.7 Å². The molecule has 0 saturated carbocycles. The molecule has 0 unspecified atom stereocenters. The zero-order chi connectivity index (χ0) is 46.8. The van der Waals surface area contributed by atoms with E-state index in [2.05, 4.69) is 62.1 Å². The molecule has 4 aromatic rings. The Balaban J connectivity index is 1.48. The number of benzene rings is 4. The Kier molecular flexibility index (Phi) is 17.6. The van der Waals surface area contributed by atoms with Crippen molar-refractivity contribution in [1.82, 2.24) is 0 Å². The molecule has 4 rings (SSSR count). The van der Waals surface area contributed by atoms with Gasteiger partial charge in [-0.2, -0.15) is 9.98 Å². The molecule has 338 valence electrons. The fraction of sp³-hybridized carbons (Fsp3) is 0.295. The minimum atomic E-state index is -1.26. The molecule has 0 aliphatic rings. The Morgan fingerprint density at radius 3 is 1.12 bits per heavy atom. The monoisotopic (exact) mass is 882 g/mol. The van der Waals surface area contributed by atoms with Crippen LogP contribution >= 0.6 is 0 Å². The van der Waals surface area contributed by atoms with Crippen molar-refractivity contribution in [2.75, 3.05) is 73.1 Å². The van der Waals surface area contributed by atoms with E-state index < -0.39 is 42.0 Å². The van der Waals surface area contributed by atoms with E-state index in [1.165, 1.54) is 33.5 Å². The fourth-order valence-corrected chi connectivity index (χ4v) is 5.46. The maximum absolute atomic E-state index is 13.3. The number of rotatable bonds is 15. The molecule has 6 N–H and O–H groups in total. The zero-order valence-corrected chi connectivity index (χ0v) is 36.6. The molecule has 6 amide bonds. The van der Waals surface area contributed by atoms with Crippen molar-refractivity contribution in [2.45, 2.75) is 41.0 Å². The summed E-state index contributed by atoms with van der Waals surface area (Å²) in [5.74, 6) is 0. The quantitative estimate of drug-likeness (QED) is 0.0482. The normalized spacial score (nSPS) is 10.4. The number of nitrogens with zero attached hydrogens (tertiary/aromatic N) is 2. The molecule has 0 aromatic heterocycles. The van der Waals surface area contributed by atoms with Crippen molar-refractivity contribution < 1.29 is 57.2 Å². The summed E-state index contributed by atoms with van der Waals surface area (Å²) in [7, 11) is 3.70. The molecule has 0 bridgehead atoms. The molecule has 20 heteroatoms.